The van der Waals surface area contributed by atoms with E-state index in [-0.39, 0.29) is 5.91 Å². The van der Waals surface area contributed by atoms with E-state index in [2.05, 4.69) is 27.3 Å². The van der Waals surface area contributed by atoms with Crippen LogP contribution >= 0.6 is 15.9 Å². The van der Waals surface area contributed by atoms with Crippen molar-refractivity contribution >= 4 is 27.5 Å². The predicted molar refractivity (Wildman–Crippen MR) is 85.9 cm³/mol. The Bertz CT molecular complexity index is 611. The fourth-order valence-corrected chi connectivity index (χ4v) is 2.36. The Morgan fingerprint density at radius 1 is 1.15 bits per heavy atom. The second kappa shape index (κ2) is 6.57. The van der Waals surface area contributed by atoms with Gasteiger partial charge in [-0.05, 0) is 29.8 Å². The smallest absolute Gasteiger partial charge is 0.255 e. The van der Waals surface area contributed by atoms with Gasteiger partial charge in [0, 0.05) is 30.8 Å². The van der Waals surface area contributed by atoms with Crippen LogP contribution in [0.4, 0.5) is 5.69 Å². The van der Waals surface area contributed by atoms with Crippen LogP contribution in [-0.2, 0) is 6.54 Å². The fraction of sp³-hybridized carbons (Fsp3) is 0.188. The summed E-state index contributed by atoms with van der Waals surface area (Å²) in [5, 5.41) is 3.32. The number of amides is 1. The van der Waals surface area contributed by atoms with E-state index >= 15 is 0 Å². The molecule has 0 radical (unpaired) electrons. The van der Waals surface area contributed by atoms with Gasteiger partial charge in [-0.15, -0.1) is 0 Å². The average Bonchev–Trinajstić information content (AvgIpc) is 2.44. The Morgan fingerprint density at radius 2 is 1.90 bits per heavy atom. The molecule has 0 heterocycles. The van der Waals surface area contributed by atoms with Crippen LogP contribution in [0.15, 0.2) is 53.0 Å². The van der Waals surface area contributed by atoms with Crippen molar-refractivity contribution in [3.8, 4) is 0 Å². The first-order valence-corrected chi connectivity index (χ1v) is 7.16. The fourth-order valence-electron chi connectivity index (χ4n) is 1.91. The number of para-hydroxylation sites is 1. The molecule has 2 aromatic rings. The van der Waals surface area contributed by atoms with Crippen LogP contribution in [0.25, 0.3) is 0 Å². The molecule has 2 rings (SSSR count). The Balaban J connectivity index is 2.16. The van der Waals surface area contributed by atoms with Crippen molar-refractivity contribution in [1.29, 1.82) is 0 Å². The maximum Gasteiger partial charge on any atom is 0.255 e. The Labute approximate surface area is 127 Å². The molecule has 0 unspecified atom stereocenters. The molecule has 104 valence electrons. The lowest BCUT2D eigenvalue weighted by molar-refractivity contribution is 0.0828. The summed E-state index contributed by atoms with van der Waals surface area (Å²) in [6.07, 6.45) is 0. The summed E-state index contributed by atoms with van der Waals surface area (Å²) in [6, 6.07) is 15.7. The third kappa shape index (κ3) is 3.61. The van der Waals surface area contributed by atoms with Crippen molar-refractivity contribution in [2.75, 3.05) is 19.4 Å². The second-order valence-corrected chi connectivity index (χ2v) is 5.64. The third-order valence-corrected chi connectivity index (χ3v) is 3.43. The zero-order chi connectivity index (χ0) is 14.5. The van der Waals surface area contributed by atoms with Crippen molar-refractivity contribution in [3.05, 3.63) is 64.1 Å². The molecular formula is C16H17BrN2O. The Kier molecular flexibility index (Phi) is 4.79. The zero-order valence-corrected chi connectivity index (χ0v) is 13.1. The van der Waals surface area contributed by atoms with Crippen LogP contribution in [0.3, 0.4) is 0 Å². The van der Waals surface area contributed by atoms with E-state index in [0.29, 0.717) is 12.1 Å². The third-order valence-electron chi connectivity index (χ3n) is 2.94. The first-order chi connectivity index (χ1) is 9.58. The van der Waals surface area contributed by atoms with Crippen molar-refractivity contribution < 1.29 is 4.79 Å². The number of carbonyl (C=O) groups is 1. The summed E-state index contributed by atoms with van der Waals surface area (Å²) in [5.74, 6) is 0.00217. The molecule has 3 nitrogen and oxygen atoms in total. The normalized spacial score (nSPS) is 10.2. The average molecular weight is 333 g/mol. The van der Waals surface area contributed by atoms with Crippen LogP contribution in [0.5, 0.6) is 0 Å². The lowest BCUT2D eigenvalue weighted by atomic mass is 10.1. The van der Waals surface area contributed by atoms with Crippen LogP contribution in [0, 0.1) is 0 Å². The van der Waals surface area contributed by atoms with E-state index in [1.165, 1.54) is 0 Å². The molecule has 0 spiro atoms. The van der Waals surface area contributed by atoms with Crippen molar-refractivity contribution in [3.63, 3.8) is 0 Å². The van der Waals surface area contributed by atoms with Gasteiger partial charge in [0.15, 0.2) is 0 Å². The summed E-state index contributed by atoms with van der Waals surface area (Å²) in [6.45, 7) is 0.678. The highest BCUT2D eigenvalue weighted by Gasteiger charge is 2.12. The number of nitrogens with zero attached hydrogens (tertiary/aromatic N) is 1. The SMILES string of the molecule is CN(C)C(=O)c1ccccc1NCc1cccc(Br)c1. The topological polar surface area (TPSA) is 32.3 Å². The maximum atomic E-state index is 12.1. The van der Waals surface area contributed by atoms with Gasteiger partial charge in [-0.25, -0.2) is 0 Å². The highest BCUT2D eigenvalue weighted by atomic mass is 79.9. The number of hydrogen-bond donors (Lipinski definition) is 1. The molecule has 1 amide bonds. The first-order valence-electron chi connectivity index (χ1n) is 6.37. The van der Waals surface area contributed by atoms with Gasteiger partial charge in [-0.2, -0.15) is 0 Å². The molecule has 4 heteroatoms. The molecule has 20 heavy (non-hydrogen) atoms. The van der Waals surface area contributed by atoms with E-state index in [0.717, 1.165) is 15.7 Å². The first kappa shape index (κ1) is 14.6. The van der Waals surface area contributed by atoms with Crippen molar-refractivity contribution in [1.82, 2.24) is 4.90 Å². The number of benzene rings is 2. The minimum absolute atomic E-state index is 0.00217. The molecule has 0 bridgehead atoms. The van der Waals surface area contributed by atoms with Gasteiger partial charge in [-0.1, -0.05) is 40.2 Å². The summed E-state index contributed by atoms with van der Waals surface area (Å²) in [5.41, 5.74) is 2.70. The lowest BCUT2D eigenvalue weighted by Crippen LogP contribution is -2.22. The van der Waals surface area contributed by atoms with Crippen molar-refractivity contribution in [2.45, 2.75) is 6.54 Å². The van der Waals surface area contributed by atoms with E-state index in [1.807, 2.05) is 42.5 Å². The standard InChI is InChI=1S/C16H17BrN2O/c1-19(2)16(20)14-8-3-4-9-15(14)18-11-12-6-5-7-13(17)10-12/h3-10,18H,11H2,1-2H3. The van der Waals surface area contributed by atoms with Gasteiger partial charge in [0.25, 0.3) is 5.91 Å². The zero-order valence-electron chi connectivity index (χ0n) is 11.6. The molecule has 0 atom stereocenters. The van der Waals surface area contributed by atoms with Crippen LogP contribution in [0.1, 0.15) is 15.9 Å². The van der Waals surface area contributed by atoms with Crippen LogP contribution in [0.2, 0.25) is 0 Å². The molecule has 0 aliphatic rings. The molecule has 0 aliphatic carbocycles. The number of hydrogen-bond acceptors (Lipinski definition) is 2. The molecular weight excluding hydrogens is 316 g/mol. The summed E-state index contributed by atoms with van der Waals surface area (Å²) in [4.78, 5) is 13.7. The minimum atomic E-state index is 0.00217. The highest BCUT2D eigenvalue weighted by molar-refractivity contribution is 9.10. The number of halogens is 1. The quantitative estimate of drug-likeness (QED) is 0.924. The van der Waals surface area contributed by atoms with Gasteiger partial charge in [0.05, 0.1) is 5.56 Å². The monoisotopic (exact) mass is 332 g/mol. The van der Waals surface area contributed by atoms with Crippen LogP contribution < -0.4 is 5.32 Å². The Hall–Kier alpha value is -1.81. The van der Waals surface area contributed by atoms with Gasteiger partial charge in [-0.3, -0.25) is 4.79 Å². The number of rotatable bonds is 4. The van der Waals surface area contributed by atoms with E-state index < -0.39 is 0 Å². The van der Waals surface area contributed by atoms with Gasteiger partial charge < -0.3 is 10.2 Å². The summed E-state index contributed by atoms with van der Waals surface area (Å²) >= 11 is 3.46. The van der Waals surface area contributed by atoms with Gasteiger partial charge in [0.2, 0.25) is 0 Å². The van der Waals surface area contributed by atoms with E-state index in [4.69, 9.17) is 0 Å². The largest absolute Gasteiger partial charge is 0.380 e. The molecule has 1 N–H and O–H groups in total. The maximum absolute atomic E-state index is 12.1. The Morgan fingerprint density at radius 3 is 2.60 bits per heavy atom. The molecule has 0 saturated carbocycles. The lowest BCUT2D eigenvalue weighted by Gasteiger charge is -2.15. The second-order valence-electron chi connectivity index (χ2n) is 4.73. The van der Waals surface area contributed by atoms with Gasteiger partial charge >= 0.3 is 0 Å². The summed E-state index contributed by atoms with van der Waals surface area (Å²) in [7, 11) is 3.51. The molecule has 0 saturated heterocycles. The minimum Gasteiger partial charge on any atom is -0.380 e. The van der Waals surface area contributed by atoms with E-state index in [9.17, 15) is 4.79 Å². The van der Waals surface area contributed by atoms with Gasteiger partial charge in [0.1, 0.15) is 0 Å². The highest BCUT2D eigenvalue weighted by Crippen LogP contribution is 2.18. The molecule has 0 aromatic heterocycles. The van der Waals surface area contributed by atoms with E-state index in [1.54, 1.807) is 19.0 Å². The number of carbonyl (C=O) groups excluding carboxylic acids is 1. The predicted octanol–water partition coefficient (Wildman–Crippen LogP) is 3.76. The molecule has 0 aliphatic heterocycles. The number of nitrogens with one attached hydrogen (secondary N) is 1. The van der Waals surface area contributed by atoms with Crippen LogP contribution in [-0.4, -0.2) is 24.9 Å². The number of anilines is 1. The summed E-state index contributed by atoms with van der Waals surface area (Å²) < 4.78 is 1.05. The molecule has 2 aromatic carbocycles. The van der Waals surface area contributed by atoms with Crippen molar-refractivity contribution in [2.24, 2.45) is 0 Å². The molecule has 0 fully saturated rings.